The minimum absolute atomic E-state index is 0.251. The van der Waals surface area contributed by atoms with Gasteiger partial charge in [-0.25, -0.2) is 13.4 Å². The van der Waals surface area contributed by atoms with Gasteiger partial charge in [0.1, 0.15) is 11.6 Å². The molecule has 0 amide bonds. The number of pyridine rings is 1. The van der Waals surface area contributed by atoms with Gasteiger partial charge in [0.2, 0.25) is 10.0 Å². The Labute approximate surface area is 128 Å². The first kappa shape index (κ1) is 15.4. The van der Waals surface area contributed by atoms with Crippen LogP contribution in [0.1, 0.15) is 0 Å². The fourth-order valence-electron chi connectivity index (χ4n) is 1.65. The zero-order valence-electron chi connectivity index (χ0n) is 11.4. The SMILES string of the molecule is COc1ccc(Cl)cc1Nc1ccc(NS(C)(=O)=O)nc1. The van der Waals surface area contributed by atoms with Crippen molar-refractivity contribution < 1.29 is 13.2 Å². The largest absolute Gasteiger partial charge is 0.495 e. The van der Waals surface area contributed by atoms with Crippen molar-refractivity contribution in [2.24, 2.45) is 0 Å². The van der Waals surface area contributed by atoms with Crippen molar-refractivity contribution in [1.29, 1.82) is 0 Å². The van der Waals surface area contributed by atoms with Crippen LogP contribution in [0.2, 0.25) is 5.02 Å². The number of hydrogen-bond acceptors (Lipinski definition) is 5. The Morgan fingerprint density at radius 3 is 2.57 bits per heavy atom. The predicted molar refractivity (Wildman–Crippen MR) is 84.0 cm³/mol. The van der Waals surface area contributed by atoms with Crippen molar-refractivity contribution in [1.82, 2.24) is 4.98 Å². The van der Waals surface area contributed by atoms with Crippen LogP contribution in [0.4, 0.5) is 17.2 Å². The van der Waals surface area contributed by atoms with Crippen molar-refractivity contribution in [2.75, 3.05) is 23.4 Å². The Kier molecular flexibility index (Phi) is 4.54. The summed E-state index contributed by atoms with van der Waals surface area (Å²) in [6, 6.07) is 8.45. The number of halogens is 1. The molecule has 6 nitrogen and oxygen atoms in total. The van der Waals surface area contributed by atoms with Gasteiger partial charge in [0.05, 0.1) is 30.9 Å². The third-order valence-corrected chi connectivity index (χ3v) is 3.31. The van der Waals surface area contributed by atoms with Gasteiger partial charge >= 0.3 is 0 Å². The van der Waals surface area contributed by atoms with Gasteiger partial charge in [0, 0.05) is 5.02 Å². The third kappa shape index (κ3) is 4.51. The second-order valence-corrected chi connectivity index (χ2v) is 6.46. The Hall–Kier alpha value is -1.99. The maximum atomic E-state index is 11.1. The first-order valence-corrected chi connectivity index (χ1v) is 8.19. The molecule has 8 heteroatoms. The second kappa shape index (κ2) is 6.19. The van der Waals surface area contributed by atoms with E-state index in [4.69, 9.17) is 16.3 Å². The van der Waals surface area contributed by atoms with Gasteiger partial charge in [-0.2, -0.15) is 0 Å². The second-order valence-electron chi connectivity index (χ2n) is 4.28. The summed E-state index contributed by atoms with van der Waals surface area (Å²) in [7, 11) is -1.77. The number of nitrogens with zero attached hydrogens (tertiary/aromatic N) is 1. The van der Waals surface area contributed by atoms with Gasteiger partial charge in [-0.3, -0.25) is 4.72 Å². The lowest BCUT2D eigenvalue weighted by Gasteiger charge is -2.11. The molecule has 2 N–H and O–H groups in total. The molecular formula is C13H14ClN3O3S. The zero-order valence-corrected chi connectivity index (χ0v) is 13.0. The normalized spacial score (nSPS) is 11.0. The molecule has 0 fully saturated rings. The van der Waals surface area contributed by atoms with E-state index in [-0.39, 0.29) is 5.82 Å². The summed E-state index contributed by atoms with van der Waals surface area (Å²) in [6.07, 6.45) is 2.57. The van der Waals surface area contributed by atoms with Gasteiger partial charge in [-0.05, 0) is 30.3 Å². The maximum absolute atomic E-state index is 11.1. The fraction of sp³-hybridized carbons (Fsp3) is 0.154. The summed E-state index contributed by atoms with van der Waals surface area (Å²) in [6.45, 7) is 0. The molecule has 0 spiro atoms. The maximum Gasteiger partial charge on any atom is 0.230 e. The van der Waals surface area contributed by atoms with Crippen molar-refractivity contribution in [2.45, 2.75) is 0 Å². The number of methoxy groups -OCH3 is 1. The molecule has 1 aromatic heterocycles. The van der Waals surface area contributed by atoms with E-state index in [0.717, 1.165) is 6.26 Å². The summed E-state index contributed by atoms with van der Waals surface area (Å²) >= 11 is 5.95. The molecule has 0 radical (unpaired) electrons. The first-order valence-electron chi connectivity index (χ1n) is 5.92. The highest BCUT2D eigenvalue weighted by Crippen LogP contribution is 2.30. The first-order chi connectivity index (χ1) is 9.87. The van der Waals surface area contributed by atoms with Crippen molar-refractivity contribution >= 4 is 38.8 Å². The molecule has 0 aliphatic rings. The summed E-state index contributed by atoms with van der Waals surface area (Å²) in [5.74, 6) is 0.888. The van der Waals surface area contributed by atoms with E-state index >= 15 is 0 Å². The number of rotatable bonds is 5. The fourth-order valence-corrected chi connectivity index (χ4v) is 2.32. The molecule has 0 atom stereocenters. The Morgan fingerprint density at radius 2 is 2.00 bits per heavy atom. The lowest BCUT2D eigenvalue weighted by Crippen LogP contribution is -2.10. The highest BCUT2D eigenvalue weighted by Gasteiger charge is 2.06. The standard InChI is InChI=1S/C13H14ClN3O3S/c1-20-12-5-3-9(14)7-11(12)16-10-4-6-13(15-8-10)17-21(2,18)19/h3-8,16H,1-2H3,(H,15,17). The quantitative estimate of drug-likeness (QED) is 0.882. The van der Waals surface area contributed by atoms with E-state index in [1.54, 1.807) is 37.4 Å². The number of sulfonamides is 1. The highest BCUT2D eigenvalue weighted by atomic mass is 35.5. The van der Waals surface area contributed by atoms with Crippen LogP contribution in [0.5, 0.6) is 5.75 Å². The molecule has 1 heterocycles. The van der Waals surface area contributed by atoms with Crippen LogP contribution in [0.25, 0.3) is 0 Å². The molecule has 112 valence electrons. The summed E-state index contributed by atoms with van der Waals surface area (Å²) < 4.78 is 29.7. The number of benzene rings is 1. The molecule has 0 aliphatic carbocycles. The molecule has 0 bridgehead atoms. The van der Waals surface area contributed by atoms with Crippen LogP contribution >= 0.6 is 11.6 Å². The van der Waals surface area contributed by atoms with Crippen LogP contribution in [0, 0.1) is 0 Å². The van der Waals surface area contributed by atoms with E-state index in [1.165, 1.54) is 6.20 Å². The van der Waals surface area contributed by atoms with Gasteiger partial charge < -0.3 is 10.1 Å². The van der Waals surface area contributed by atoms with E-state index in [1.807, 2.05) is 0 Å². The van der Waals surface area contributed by atoms with Crippen LogP contribution in [-0.2, 0) is 10.0 Å². The van der Waals surface area contributed by atoms with Crippen LogP contribution in [0.3, 0.4) is 0 Å². The summed E-state index contributed by atoms with van der Waals surface area (Å²) in [4.78, 5) is 4.01. The predicted octanol–water partition coefficient (Wildman–Crippen LogP) is 2.86. The Morgan fingerprint density at radius 1 is 1.24 bits per heavy atom. The summed E-state index contributed by atoms with van der Waals surface area (Å²) in [5, 5.41) is 3.68. The molecule has 1 aromatic carbocycles. The molecule has 2 aromatic rings. The molecule has 0 saturated heterocycles. The van der Waals surface area contributed by atoms with E-state index in [0.29, 0.717) is 22.1 Å². The van der Waals surface area contributed by atoms with Crippen LogP contribution in [-0.4, -0.2) is 26.8 Å². The van der Waals surface area contributed by atoms with Crippen LogP contribution in [0.15, 0.2) is 36.5 Å². The average Bonchev–Trinajstić information content (AvgIpc) is 2.40. The molecule has 0 aliphatic heterocycles. The lowest BCUT2D eigenvalue weighted by molar-refractivity contribution is 0.417. The number of ether oxygens (including phenoxy) is 1. The molecule has 0 unspecified atom stereocenters. The lowest BCUT2D eigenvalue weighted by atomic mass is 10.2. The zero-order chi connectivity index (χ0) is 15.5. The Bertz CT molecular complexity index is 733. The minimum Gasteiger partial charge on any atom is -0.495 e. The van der Waals surface area contributed by atoms with Gasteiger partial charge in [-0.15, -0.1) is 0 Å². The smallest absolute Gasteiger partial charge is 0.230 e. The van der Waals surface area contributed by atoms with Gasteiger partial charge in [0.25, 0.3) is 0 Å². The van der Waals surface area contributed by atoms with E-state index in [2.05, 4.69) is 15.0 Å². The Balaban J connectivity index is 2.19. The van der Waals surface area contributed by atoms with E-state index in [9.17, 15) is 8.42 Å². The topological polar surface area (TPSA) is 80.3 Å². The minimum atomic E-state index is -3.34. The van der Waals surface area contributed by atoms with E-state index < -0.39 is 10.0 Å². The van der Waals surface area contributed by atoms with Gasteiger partial charge in [0.15, 0.2) is 0 Å². The summed E-state index contributed by atoms with van der Waals surface area (Å²) in [5.41, 5.74) is 1.37. The van der Waals surface area contributed by atoms with Crippen LogP contribution < -0.4 is 14.8 Å². The van der Waals surface area contributed by atoms with Gasteiger partial charge in [-0.1, -0.05) is 11.6 Å². The third-order valence-electron chi connectivity index (χ3n) is 2.49. The highest BCUT2D eigenvalue weighted by molar-refractivity contribution is 7.92. The molecule has 2 rings (SSSR count). The van der Waals surface area contributed by atoms with Crippen molar-refractivity contribution in [3.8, 4) is 5.75 Å². The number of hydrogen-bond donors (Lipinski definition) is 2. The van der Waals surface area contributed by atoms with Crippen molar-refractivity contribution in [3.05, 3.63) is 41.6 Å². The number of anilines is 3. The molecule has 21 heavy (non-hydrogen) atoms. The number of aromatic nitrogens is 1. The average molecular weight is 328 g/mol. The monoisotopic (exact) mass is 327 g/mol. The van der Waals surface area contributed by atoms with Crippen molar-refractivity contribution in [3.63, 3.8) is 0 Å². The molecule has 0 saturated carbocycles. The number of nitrogens with one attached hydrogen (secondary N) is 2. The molecular weight excluding hydrogens is 314 g/mol.